The molecule has 4 aromatic carbocycles. The minimum Gasteiger partial charge on any atom is -0.453 e. The van der Waals surface area contributed by atoms with Crippen LogP contribution < -0.4 is 10.6 Å². The Balaban J connectivity index is 0.937. The number of H-pyrrole nitrogens is 2. The summed E-state index contributed by atoms with van der Waals surface area (Å²) in [5.41, 5.74) is 4.68. The van der Waals surface area contributed by atoms with Crippen molar-refractivity contribution in [3.8, 4) is 33.5 Å². The van der Waals surface area contributed by atoms with Crippen molar-refractivity contribution < 1.29 is 46.9 Å². The predicted molar refractivity (Wildman–Crippen MR) is 232 cm³/mol. The number of halogens is 2. The maximum atomic E-state index is 16.6. The Kier molecular flexibility index (Phi) is 11.5. The van der Waals surface area contributed by atoms with Gasteiger partial charge < -0.3 is 49.3 Å². The number of alkyl carbamates (subject to hydrolysis) is 2. The average molecular weight is 889 g/mol. The Morgan fingerprint density at radius 2 is 1.57 bits per heavy atom. The number of carbonyl (C=O) groups is 4. The predicted octanol–water partition coefficient (Wildman–Crippen LogP) is 6.95. The van der Waals surface area contributed by atoms with E-state index in [1.165, 1.54) is 26.4 Å². The molecule has 9 rings (SSSR count). The number of amides is 4. The molecule has 2 saturated heterocycles. The van der Waals surface area contributed by atoms with Crippen LogP contribution in [-0.4, -0.2) is 107 Å². The zero-order chi connectivity index (χ0) is 45.5. The fraction of sp³-hybridized carbons (Fsp3) is 0.319. The van der Waals surface area contributed by atoms with Crippen molar-refractivity contribution in [1.29, 1.82) is 0 Å². The highest BCUT2D eigenvalue weighted by Crippen LogP contribution is 2.53. The van der Waals surface area contributed by atoms with Gasteiger partial charge in [0.15, 0.2) is 5.79 Å². The first-order valence-corrected chi connectivity index (χ1v) is 21.2. The molecule has 1 spiro atoms. The topological polar surface area (TPSA) is 193 Å². The largest absolute Gasteiger partial charge is 0.453 e. The summed E-state index contributed by atoms with van der Waals surface area (Å²) < 4.78 is 54.4. The van der Waals surface area contributed by atoms with Crippen molar-refractivity contribution in [2.45, 2.75) is 50.1 Å². The molecule has 16 nitrogen and oxygen atoms in total. The third kappa shape index (κ3) is 8.26. The molecule has 4 heterocycles. The molecule has 4 amide bonds. The highest BCUT2D eigenvalue weighted by atomic mass is 19.3. The fourth-order valence-corrected chi connectivity index (χ4v) is 8.91. The van der Waals surface area contributed by atoms with Gasteiger partial charge in [0.05, 0.1) is 69.5 Å². The molecule has 2 aliphatic heterocycles. The molecule has 336 valence electrons. The number of hydrogen-bond donors (Lipinski definition) is 4. The number of hydrogen-bond acceptors (Lipinski definition) is 10. The molecule has 2 atom stereocenters. The molecular weight excluding hydrogens is 843 g/mol. The van der Waals surface area contributed by atoms with Crippen molar-refractivity contribution in [3.63, 3.8) is 0 Å². The van der Waals surface area contributed by atoms with Crippen LogP contribution in [0.15, 0.2) is 91.1 Å². The molecule has 2 aromatic heterocycles. The van der Waals surface area contributed by atoms with E-state index >= 15 is 8.78 Å². The summed E-state index contributed by atoms with van der Waals surface area (Å²) in [5.74, 6) is -4.11. The number of aromatic nitrogens is 4. The second kappa shape index (κ2) is 17.4. The second-order valence-corrected chi connectivity index (χ2v) is 16.1. The van der Waals surface area contributed by atoms with E-state index in [1.54, 1.807) is 64.5 Å². The standard InChI is InChI=1S/C47H46F2N8O8/c1-4-16-56(43(59)41(55-45(61)63-3)27-8-6-5-7-9-27)25-39-50-23-37(52-39)30-11-14-32-31-13-10-28(19-33(31)47(48,49)34(32)20-30)29-12-15-35-36(21-29)54-42(53-35)38-22-46(64-17-18-65-46)26-57(38)40(58)24-51-44(60)62-2/h5-15,19-21,23,38,41H,4,16-18,22,24-26H2,1-3H3,(H,50,52)(H,51,60)(H,53,54)(H,55,61)/t38-,41+/m0/s1. The maximum Gasteiger partial charge on any atom is 0.407 e. The Bertz CT molecular complexity index is 2790. The van der Waals surface area contributed by atoms with Gasteiger partial charge in [-0.15, -0.1) is 0 Å². The summed E-state index contributed by atoms with van der Waals surface area (Å²) in [6.07, 6.45) is 1.03. The number of benzene rings is 4. The maximum absolute atomic E-state index is 16.6. The van der Waals surface area contributed by atoms with Gasteiger partial charge in [-0.2, -0.15) is 8.78 Å². The average Bonchev–Trinajstić information content (AvgIpc) is 4.18. The molecule has 1 aliphatic carbocycles. The Morgan fingerprint density at radius 3 is 2.28 bits per heavy atom. The Hall–Kier alpha value is -7.18. The minimum atomic E-state index is -3.32. The number of rotatable bonds is 12. The first-order chi connectivity index (χ1) is 31.4. The number of nitrogens with zero attached hydrogens (tertiary/aromatic N) is 4. The number of ether oxygens (including phenoxy) is 4. The first kappa shape index (κ1) is 43.1. The van der Waals surface area contributed by atoms with Crippen molar-refractivity contribution in [1.82, 2.24) is 40.4 Å². The van der Waals surface area contributed by atoms with Crippen LogP contribution in [0, 0.1) is 0 Å². The van der Waals surface area contributed by atoms with Gasteiger partial charge >= 0.3 is 12.2 Å². The van der Waals surface area contributed by atoms with Crippen LogP contribution in [-0.2, 0) is 41.0 Å². The number of aromatic amines is 2. The second-order valence-electron chi connectivity index (χ2n) is 16.1. The third-order valence-electron chi connectivity index (χ3n) is 12.1. The lowest BCUT2D eigenvalue weighted by Gasteiger charge is -2.27. The van der Waals surface area contributed by atoms with Crippen molar-refractivity contribution in [3.05, 3.63) is 119 Å². The van der Waals surface area contributed by atoms with Gasteiger partial charge in [0.25, 0.3) is 5.92 Å². The summed E-state index contributed by atoms with van der Waals surface area (Å²) in [5, 5.41) is 5.07. The quantitative estimate of drug-likeness (QED) is 0.1000. The summed E-state index contributed by atoms with van der Waals surface area (Å²) in [6.45, 7) is 3.01. The van der Waals surface area contributed by atoms with Gasteiger partial charge in [-0.3, -0.25) is 9.59 Å². The van der Waals surface area contributed by atoms with Gasteiger partial charge in [0.1, 0.15) is 24.2 Å². The van der Waals surface area contributed by atoms with E-state index in [2.05, 4.69) is 30.3 Å². The van der Waals surface area contributed by atoms with Crippen molar-refractivity contribution in [2.75, 3.05) is 47.1 Å². The molecule has 2 fully saturated rings. The fourth-order valence-electron chi connectivity index (χ4n) is 8.91. The van der Waals surface area contributed by atoms with E-state index in [0.29, 0.717) is 94.4 Å². The van der Waals surface area contributed by atoms with E-state index in [9.17, 15) is 19.2 Å². The lowest BCUT2D eigenvalue weighted by atomic mass is 9.98. The number of imidazole rings is 2. The van der Waals surface area contributed by atoms with E-state index in [4.69, 9.17) is 19.2 Å². The van der Waals surface area contributed by atoms with Gasteiger partial charge in [-0.05, 0) is 58.5 Å². The molecule has 0 saturated carbocycles. The number of carbonyl (C=O) groups excluding carboxylic acids is 4. The van der Waals surface area contributed by atoms with Crippen molar-refractivity contribution in [2.24, 2.45) is 0 Å². The zero-order valence-electron chi connectivity index (χ0n) is 35.8. The highest BCUT2D eigenvalue weighted by Gasteiger charge is 2.51. The molecular formula is C47H46F2N8O8. The molecule has 18 heteroatoms. The SMILES string of the molecule is CCCN(Cc1ncc(-c2ccc3c(c2)C(F)(F)c2cc(-c4ccc5nc([C@@H]6CC7(CN6C(=O)CNC(=O)OC)OCCO7)[nH]c5c4)ccc2-3)[nH]1)C(=O)[C@H](NC(=O)OC)c1ccccc1. The van der Waals surface area contributed by atoms with Crippen LogP contribution in [0.3, 0.4) is 0 Å². The van der Waals surface area contributed by atoms with Crippen LogP contribution in [0.25, 0.3) is 44.5 Å². The number of alkyl halides is 2. The summed E-state index contributed by atoms with van der Waals surface area (Å²) >= 11 is 0. The molecule has 0 unspecified atom stereocenters. The van der Waals surface area contributed by atoms with Crippen LogP contribution in [0.1, 0.15) is 60.2 Å². The Morgan fingerprint density at radius 1 is 0.892 bits per heavy atom. The van der Waals surface area contributed by atoms with Crippen LogP contribution in [0.4, 0.5) is 18.4 Å². The van der Waals surface area contributed by atoms with E-state index in [1.807, 2.05) is 31.2 Å². The van der Waals surface area contributed by atoms with Gasteiger partial charge in [0.2, 0.25) is 11.8 Å². The van der Waals surface area contributed by atoms with Crippen molar-refractivity contribution >= 4 is 35.0 Å². The van der Waals surface area contributed by atoms with Crippen LogP contribution in [0.2, 0.25) is 0 Å². The normalized spacial score (nSPS) is 17.1. The molecule has 6 aromatic rings. The summed E-state index contributed by atoms with van der Waals surface area (Å²) in [6, 6.07) is 22.7. The Labute approximate surface area is 371 Å². The number of methoxy groups -OCH3 is 2. The first-order valence-electron chi connectivity index (χ1n) is 21.2. The van der Waals surface area contributed by atoms with Gasteiger partial charge in [-0.25, -0.2) is 19.6 Å². The summed E-state index contributed by atoms with van der Waals surface area (Å²) in [4.78, 5) is 70.2. The summed E-state index contributed by atoms with van der Waals surface area (Å²) in [7, 11) is 2.44. The number of fused-ring (bicyclic) bond motifs is 4. The number of nitrogens with one attached hydrogen (secondary N) is 4. The smallest absolute Gasteiger partial charge is 0.407 e. The van der Waals surface area contributed by atoms with Crippen LogP contribution in [0.5, 0.6) is 0 Å². The number of likely N-dealkylation sites (tertiary alicyclic amines) is 1. The molecule has 3 aliphatic rings. The molecule has 0 bridgehead atoms. The van der Waals surface area contributed by atoms with Gasteiger partial charge in [0, 0.05) is 29.7 Å². The van der Waals surface area contributed by atoms with Crippen LogP contribution >= 0.6 is 0 Å². The molecule has 4 N–H and O–H groups in total. The highest BCUT2D eigenvalue weighted by molar-refractivity contribution is 5.88. The lowest BCUT2D eigenvalue weighted by Crippen LogP contribution is -2.43. The lowest BCUT2D eigenvalue weighted by molar-refractivity contribution is -0.152. The minimum absolute atomic E-state index is 0.0827. The van der Waals surface area contributed by atoms with E-state index in [-0.39, 0.29) is 42.6 Å². The molecule has 65 heavy (non-hydrogen) atoms. The molecule has 0 radical (unpaired) electrons. The van der Waals surface area contributed by atoms with Gasteiger partial charge in [-0.1, -0.05) is 67.6 Å². The van der Waals surface area contributed by atoms with E-state index in [0.717, 1.165) is 0 Å². The monoisotopic (exact) mass is 888 g/mol. The third-order valence-corrected chi connectivity index (χ3v) is 12.1. The zero-order valence-corrected chi connectivity index (χ0v) is 35.8. The van der Waals surface area contributed by atoms with E-state index < -0.39 is 36.0 Å².